The highest BCUT2D eigenvalue weighted by molar-refractivity contribution is 5.97. The first-order chi connectivity index (χ1) is 14.9. The van der Waals surface area contributed by atoms with Crippen LogP contribution in [0.15, 0.2) is 30.5 Å². The summed E-state index contributed by atoms with van der Waals surface area (Å²) in [5.41, 5.74) is 4.81. The van der Waals surface area contributed by atoms with Crippen molar-refractivity contribution in [3.05, 3.63) is 53.1 Å². The molecule has 0 spiro atoms. The number of aromatic nitrogens is 1. The highest BCUT2D eigenvalue weighted by atomic mass is 19.3. The minimum absolute atomic E-state index is 0.0397. The Labute approximate surface area is 183 Å². The quantitative estimate of drug-likeness (QED) is 0.696. The number of anilines is 1. The Kier molecular flexibility index (Phi) is 6.45. The summed E-state index contributed by atoms with van der Waals surface area (Å²) in [5.74, 6) is -3.37. The van der Waals surface area contributed by atoms with Crippen LogP contribution in [0.1, 0.15) is 48.3 Å². The van der Waals surface area contributed by atoms with Gasteiger partial charge in [-0.15, -0.1) is 0 Å². The Morgan fingerprint density at radius 3 is 2.59 bits per heavy atom. The zero-order chi connectivity index (χ0) is 23.8. The molecule has 0 bridgehead atoms. The first kappa shape index (κ1) is 23.5. The van der Waals surface area contributed by atoms with Crippen molar-refractivity contribution in [1.82, 2.24) is 4.98 Å². The summed E-state index contributed by atoms with van der Waals surface area (Å²) in [6.45, 7) is 3.54. The Morgan fingerprint density at radius 1 is 1.28 bits per heavy atom. The van der Waals surface area contributed by atoms with Crippen LogP contribution in [0, 0.1) is 18.7 Å². The van der Waals surface area contributed by atoms with E-state index in [0.717, 1.165) is 6.07 Å². The molecule has 1 aliphatic rings. The van der Waals surface area contributed by atoms with Crippen LogP contribution in [0.5, 0.6) is 5.75 Å². The first-order valence-corrected chi connectivity index (χ1v) is 9.90. The third-order valence-corrected chi connectivity index (χ3v) is 5.87. The lowest BCUT2D eigenvalue weighted by atomic mass is 9.77. The van der Waals surface area contributed by atoms with E-state index in [4.69, 9.17) is 10.5 Å². The van der Waals surface area contributed by atoms with Crippen LogP contribution in [0.2, 0.25) is 0 Å². The number of rotatable bonds is 6. The smallest absolute Gasteiger partial charge is 0.387 e. The molecule has 1 aromatic carbocycles. The van der Waals surface area contributed by atoms with Gasteiger partial charge in [-0.2, -0.15) is 8.78 Å². The summed E-state index contributed by atoms with van der Waals surface area (Å²) in [4.78, 5) is 28.3. The number of nitrogens with one attached hydrogen (secondary N) is 1. The molecule has 3 rings (SSSR count). The molecule has 2 amide bonds. The molecular weight excluding hydrogens is 427 g/mol. The standard InChI is InChI=1S/C22H24F3N3O4/c1-10-14(23)6-5-13(17(10)31-21(24)25)16-11(2)22(3,4)32-18(16)20(30)28-12-7-8-27-15(9-12)19(26)29/h5-9,11,16,18,21H,1-4H3,(H2,26,29)(H,27,28,30)/t11-,16+,18-/m0/s1. The summed E-state index contributed by atoms with van der Waals surface area (Å²) < 4.78 is 51.0. The molecule has 3 N–H and O–H groups in total. The minimum atomic E-state index is -3.17. The molecule has 0 saturated carbocycles. The number of primary amides is 1. The van der Waals surface area contributed by atoms with E-state index >= 15 is 0 Å². The van der Waals surface area contributed by atoms with Gasteiger partial charge in [0.15, 0.2) is 0 Å². The number of hydrogen-bond donors (Lipinski definition) is 2. The highest BCUT2D eigenvalue weighted by Crippen LogP contribution is 2.49. The second kappa shape index (κ2) is 8.78. The van der Waals surface area contributed by atoms with Crippen LogP contribution in [-0.4, -0.2) is 35.1 Å². The molecule has 1 aromatic heterocycles. The normalized spacial score (nSPS) is 22.1. The van der Waals surface area contributed by atoms with E-state index in [-0.39, 0.29) is 34.2 Å². The van der Waals surface area contributed by atoms with Crippen molar-refractivity contribution >= 4 is 17.5 Å². The lowest BCUT2D eigenvalue weighted by Crippen LogP contribution is -2.33. The van der Waals surface area contributed by atoms with Gasteiger partial charge < -0.3 is 20.5 Å². The zero-order valence-corrected chi connectivity index (χ0v) is 18.0. The van der Waals surface area contributed by atoms with Crippen LogP contribution >= 0.6 is 0 Å². The van der Waals surface area contributed by atoms with Crippen molar-refractivity contribution in [3.63, 3.8) is 0 Å². The predicted molar refractivity (Wildman–Crippen MR) is 110 cm³/mol. The average molecular weight is 451 g/mol. The first-order valence-electron chi connectivity index (χ1n) is 9.90. The summed E-state index contributed by atoms with van der Waals surface area (Å²) in [7, 11) is 0. The lowest BCUT2D eigenvalue weighted by molar-refractivity contribution is -0.131. The number of halogens is 3. The van der Waals surface area contributed by atoms with Crippen molar-refractivity contribution < 1.29 is 32.2 Å². The van der Waals surface area contributed by atoms with Crippen LogP contribution in [0.4, 0.5) is 18.9 Å². The molecular formula is C22H24F3N3O4. The van der Waals surface area contributed by atoms with Crippen LogP contribution in [0.25, 0.3) is 0 Å². The van der Waals surface area contributed by atoms with Gasteiger partial charge in [0, 0.05) is 28.9 Å². The fourth-order valence-corrected chi connectivity index (χ4v) is 3.90. The summed E-state index contributed by atoms with van der Waals surface area (Å²) in [5, 5.41) is 2.65. The van der Waals surface area contributed by atoms with Gasteiger partial charge in [0.2, 0.25) is 0 Å². The molecule has 10 heteroatoms. The summed E-state index contributed by atoms with van der Waals surface area (Å²) in [6.07, 6.45) is 0.211. The largest absolute Gasteiger partial charge is 0.434 e. The maximum atomic E-state index is 14.1. The number of nitrogens with zero attached hydrogens (tertiary/aromatic N) is 1. The summed E-state index contributed by atoms with van der Waals surface area (Å²) in [6, 6.07) is 5.27. The maximum absolute atomic E-state index is 14.1. The number of amides is 2. The van der Waals surface area contributed by atoms with E-state index in [0.29, 0.717) is 0 Å². The van der Waals surface area contributed by atoms with Crippen LogP contribution in [0.3, 0.4) is 0 Å². The molecule has 32 heavy (non-hydrogen) atoms. The van der Waals surface area contributed by atoms with E-state index < -0.39 is 41.9 Å². The van der Waals surface area contributed by atoms with E-state index in [9.17, 15) is 22.8 Å². The van der Waals surface area contributed by atoms with Gasteiger partial charge in [0.1, 0.15) is 23.4 Å². The summed E-state index contributed by atoms with van der Waals surface area (Å²) >= 11 is 0. The van der Waals surface area contributed by atoms with Crippen molar-refractivity contribution in [3.8, 4) is 5.75 Å². The molecule has 7 nitrogen and oxygen atoms in total. The molecule has 3 atom stereocenters. The number of hydrogen-bond acceptors (Lipinski definition) is 5. The molecule has 0 unspecified atom stereocenters. The van der Waals surface area contributed by atoms with Crippen LogP contribution < -0.4 is 15.8 Å². The Balaban J connectivity index is 2.01. The third-order valence-electron chi connectivity index (χ3n) is 5.87. The van der Waals surface area contributed by atoms with E-state index in [1.165, 1.54) is 31.3 Å². The number of benzene rings is 1. The van der Waals surface area contributed by atoms with Gasteiger partial charge in [-0.1, -0.05) is 13.0 Å². The Morgan fingerprint density at radius 2 is 1.97 bits per heavy atom. The number of carbonyl (C=O) groups is 2. The molecule has 1 aliphatic heterocycles. The number of nitrogens with two attached hydrogens (primary N) is 1. The van der Waals surface area contributed by atoms with Gasteiger partial charge in [0.25, 0.3) is 11.8 Å². The molecule has 2 heterocycles. The molecule has 2 aromatic rings. The molecule has 1 saturated heterocycles. The van der Waals surface area contributed by atoms with Crippen molar-refractivity contribution in [2.75, 3.05) is 5.32 Å². The third kappa shape index (κ3) is 4.55. The monoisotopic (exact) mass is 451 g/mol. The van der Waals surface area contributed by atoms with Crippen molar-refractivity contribution in [2.45, 2.75) is 51.9 Å². The van der Waals surface area contributed by atoms with Gasteiger partial charge >= 0.3 is 6.61 Å². The SMILES string of the molecule is Cc1c(F)ccc([C@@H]2[C@@H](C(=O)Nc3ccnc(C(N)=O)c3)OC(C)(C)[C@H]2C)c1OC(F)F. The second-order valence-corrected chi connectivity index (χ2v) is 8.21. The van der Waals surface area contributed by atoms with Crippen molar-refractivity contribution in [1.29, 1.82) is 0 Å². The van der Waals surface area contributed by atoms with E-state index in [1.54, 1.807) is 13.8 Å². The van der Waals surface area contributed by atoms with Gasteiger partial charge in [0.05, 0.1) is 5.60 Å². The minimum Gasteiger partial charge on any atom is -0.434 e. The number of alkyl halides is 2. The lowest BCUT2D eigenvalue weighted by Gasteiger charge is -2.26. The molecule has 1 fully saturated rings. The fraction of sp³-hybridized carbons (Fsp3) is 0.409. The Hall–Kier alpha value is -3.14. The predicted octanol–water partition coefficient (Wildman–Crippen LogP) is 3.77. The maximum Gasteiger partial charge on any atom is 0.387 e. The number of ether oxygens (including phenoxy) is 2. The van der Waals surface area contributed by atoms with Crippen LogP contribution in [-0.2, 0) is 9.53 Å². The average Bonchev–Trinajstić information content (AvgIpc) is 2.95. The Bertz CT molecular complexity index is 1050. The van der Waals surface area contributed by atoms with Crippen molar-refractivity contribution in [2.24, 2.45) is 11.7 Å². The molecule has 0 radical (unpaired) electrons. The zero-order valence-electron chi connectivity index (χ0n) is 18.0. The highest BCUT2D eigenvalue weighted by Gasteiger charge is 2.51. The number of carbonyl (C=O) groups excluding carboxylic acids is 2. The molecule has 172 valence electrons. The number of pyridine rings is 1. The van der Waals surface area contributed by atoms with Gasteiger partial charge in [-0.3, -0.25) is 14.6 Å². The molecule has 0 aliphatic carbocycles. The second-order valence-electron chi connectivity index (χ2n) is 8.21. The van der Waals surface area contributed by atoms with Gasteiger partial charge in [-0.05, 0) is 44.9 Å². The van der Waals surface area contributed by atoms with Gasteiger partial charge in [-0.25, -0.2) is 4.39 Å². The topological polar surface area (TPSA) is 104 Å². The van der Waals surface area contributed by atoms with E-state index in [1.807, 2.05) is 6.92 Å². The fourth-order valence-electron chi connectivity index (χ4n) is 3.90. The van der Waals surface area contributed by atoms with E-state index in [2.05, 4.69) is 15.0 Å².